The molecule has 0 saturated heterocycles. The van der Waals surface area contributed by atoms with E-state index in [-0.39, 0.29) is 5.56 Å². The molecule has 128 valence electrons. The van der Waals surface area contributed by atoms with Gasteiger partial charge in [0.1, 0.15) is 11.2 Å². The molecule has 3 aromatic carbocycles. The van der Waals surface area contributed by atoms with Crippen LogP contribution < -0.4 is 5.56 Å². The van der Waals surface area contributed by atoms with E-state index in [2.05, 4.69) is 28.2 Å². The third-order valence-corrected chi connectivity index (χ3v) is 5.30. The second-order valence-corrected chi connectivity index (χ2v) is 6.79. The van der Waals surface area contributed by atoms with Gasteiger partial charge in [0.2, 0.25) is 0 Å². The number of hydrogen-bond acceptors (Lipinski definition) is 1. The average molecular weight is 349 g/mol. The minimum atomic E-state index is -0.0496. The Hall–Kier alpha value is -3.79. The maximum absolute atomic E-state index is 13.5. The van der Waals surface area contributed by atoms with E-state index in [1.54, 1.807) is 4.57 Å². The van der Waals surface area contributed by atoms with Crippen molar-refractivity contribution < 1.29 is 0 Å². The summed E-state index contributed by atoms with van der Waals surface area (Å²) in [6.45, 7) is 0. The number of pyridine rings is 1. The van der Waals surface area contributed by atoms with Crippen molar-refractivity contribution in [3.63, 3.8) is 0 Å². The predicted octanol–water partition coefficient (Wildman–Crippen LogP) is 5.11. The van der Waals surface area contributed by atoms with Gasteiger partial charge in [0.05, 0.1) is 5.69 Å². The SMILES string of the molecule is O=c1c2[nH]c3ccccc3c2c2c3ccccc3[nH]c2n1-c1ccccc1. The van der Waals surface area contributed by atoms with Gasteiger partial charge < -0.3 is 9.97 Å². The summed E-state index contributed by atoms with van der Waals surface area (Å²) in [5, 5.41) is 4.24. The lowest BCUT2D eigenvalue weighted by atomic mass is 10.1. The Bertz CT molecular complexity index is 1530. The number of para-hydroxylation sites is 3. The molecule has 0 fully saturated rings. The zero-order valence-electron chi connectivity index (χ0n) is 14.4. The van der Waals surface area contributed by atoms with Crippen LogP contribution in [0.3, 0.4) is 0 Å². The molecule has 4 heteroatoms. The maximum Gasteiger partial charge on any atom is 0.281 e. The van der Waals surface area contributed by atoms with Gasteiger partial charge in [-0.05, 0) is 24.3 Å². The third-order valence-electron chi connectivity index (χ3n) is 5.30. The first-order valence-electron chi connectivity index (χ1n) is 8.94. The Morgan fingerprint density at radius 3 is 1.96 bits per heavy atom. The molecule has 0 atom stereocenters. The second-order valence-electron chi connectivity index (χ2n) is 6.79. The third kappa shape index (κ3) is 1.84. The standard InChI is InChI=1S/C23H15N3O/c27-23-21-19(15-10-4-6-12-17(15)24-21)20-16-11-5-7-13-18(16)25-22(20)26(23)14-8-2-1-3-9-14/h1-13,24-25H. The normalized spacial score (nSPS) is 11.9. The summed E-state index contributed by atoms with van der Waals surface area (Å²) in [5.41, 5.74) is 4.25. The number of nitrogens with one attached hydrogen (secondary N) is 2. The van der Waals surface area contributed by atoms with Crippen LogP contribution in [0.4, 0.5) is 0 Å². The zero-order chi connectivity index (χ0) is 18.0. The summed E-state index contributed by atoms with van der Waals surface area (Å²) < 4.78 is 1.77. The van der Waals surface area contributed by atoms with E-state index in [0.29, 0.717) is 5.52 Å². The van der Waals surface area contributed by atoms with E-state index in [9.17, 15) is 4.79 Å². The highest BCUT2D eigenvalue weighted by Crippen LogP contribution is 2.35. The van der Waals surface area contributed by atoms with Crippen molar-refractivity contribution >= 4 is 43.7 Å². The average Bonchev–Trinajstić information content (AvgIpc) is 3.27. The van der Waals surface area contributed by atoms with Crippen molar-refractivity contribution in [2.75, 3.05) is 0 Å². The molecule has 0 aliphatic heterocycles. The summed E-state index contributed by atoms with van der Waals surface area (Å²) in [5.74, 6) is 0. The highest BCUT2D eigenvalue weighted by Gasteiger charge is 2.19. The van der Waals surface area contributed by atoms with Crippen molar-refractivity contribution in [1.29, 1.82) is 0 Å². The quantitative estimate of drug-likeness (QED) is 0.426. The first-order chi connectivity index (χ1) is 13.3. The van der Waals surface area contributed by atoms with Gasteiger partial charge in [-0.3, -0.25) is 9.36 Å². The molecule has 27 heavy (non-hydrogen) atoms. The van der Waals surface area contributed by atoms with Crippen LogP contribution in [-0.2, 0) is 0 Å². The van der Waals surface area contributed by atoms with Crippen LogP contribution in [0.5, 0.6) is 0 Å². The molecule has 0 radical (unpaired) electrons. The first-order valence-corrected chi connectivity index (χ1v) is 8.94. The minimum Gasteiger partial charge on any atom is -0.350 e. The first kappa shape index (κ1) is 14.4. The molecule has 0 aliphatic carbocycles. The Labute approximate surface area is 153 Å². The van der Waals surface area contributed by atoms with Gasteiger partial charge in [0, 0.05) is 32.6 Å². The van der Waals surface area contributed by atoms with Gasteiger partial charge in [-0.25, -0.2) is 0 Å². The molecule has 6 aromatic rings. The van der Waals surface area contributed by atoms with Crippen molar-refractivity contribution in [3.8, 4) is 5.69 Å². The van der Waals surface area contributed by atoms with Gasteiger partial charge in [0.25, 0.3) is 5.56 Å². The Morgan fingerprint density at radius 1 is 0.630 bits per heavy atom. The number of hydrogen-bond donors (Lipinski definition) is 2. The van der Waals surface area contributed by atoms with E-state index in [4.69, 9.17) is 0 Å². The van der Waals surface area contributed by atoms with Gasteiger partial charge in [-0.15, -0.1) is 0 Å². The molecular formula is C23H15N3O. The monoisotopic (exact) mass is 349 g/mol. The van der Waals surface area contributed by atoms with Crippen LogP contribution in [0.2, 0.25) is 0 Å². The van der Waals surface area contributed by atoms with Crippen molar-refractivity contribution in [2.24, 2.45) is 0 Å². The van der Waals surface area contributed by atoms with Gasteiger partial charge in [-0.1, -0.05) is 54.6 Å². The molecule has 3 heterocycles. The lowest BCUT2D eigenvalue weighted by Gasteiger charge is -2.08. The van der Waals surface area contributed by atoms with E-state index in [1.165, 1.54) is 0 Å². The summed E-state index contributed by atoms with van der Waals surface area (Å²) in [6, 6.07) is 26.1. The summed E-state index contributed by atoms with van der Waals surface area (Å²) >= 11 is 0. The highest BCUT2D eigenvalue weighted by atomic mass is 16.1. The molecule has 2 N–H and O–H groups in total. The fourth-order valence-corrected chi connectivity index (χ4v) is 4.15. The number of aromatic amines is 2. The zero-order valence-corrected chi connectivity index (χ0v) is 14.4. The fraction of sp³-hybridized carbons (Fsp3) is 0. The molecule has 0 saturated carbocycles. The summed E-state index contributed by atoms with van der Waals surface area (Å²) in [7, 11) is 0. The Balaban J connectivity index is 1.98. The minimum absolute atomic E-state index is 0.0496. The molecule has 0 amide bonds. The van der Waals surface area contributed by atoms with Crippen molar-refractivity contribution in [1.82, 2.24) is 14.5 Å². The van der Waals surface area contributed by atoms with Crippen LogP contribution in [0.15, 0.2) is 83.7 Å². The van der Waals surface area contributed by atoms with E-state index in [1.807, 2.05) is 60.7 Å². The maximum atomic E-state index is 13.5. The van der Waals surface area contributed by atoms with E-state index in [0.717, 1.165) is 43.9 Å². The number of H-pyrrole nitrogens is 2. The van der Waals surface area contributed by atoms with E-state index >= 15 is 0 Å². The number of nitrogens with zero attached hydrogens (tertiary/aromatic N) is 1. The Morgan fingerprint density at radius 2 is 1.22 bits per heavy atom. The molecule has 0 unspecified atom stereocenters. The van der Waals surface area contributed by atoms with Gasteiger partial charge in [0.15, 0.2) is 0 Å². The summed E-state index contributed by atoms with van der Waals surface area (Å²) in [6.07, 6.45) is 0. The number of rotatable bonds is 1. The number of aromatic nitrogens is 3. The summed E-state index contributed by atoms with van der Waals surface area (Å²) in [4.78, 5) is 20.3. The number of fused-ring (bicyclic) bond motifs is 7. The van der Waals surface area contributed by atoms with Crippen LogP contribution in [0.1, 0.15) is 0 Å². The smallest absolute Gasteiger partial charge is 0.281 e. The van der Waals surface area contributed by atoms with E-state index < -0.39 is 0 Å². The largest absolute Gasteiger partial charge is 0.350 e. The molecule has 0 bridgehead atoms. The van der Waals surface area contributed by atoms with Crippen molar-refractivity contribution in [3.05, 3.63) is 89.2 Å². The molecular weight excluding hydrogens is 334 g/mol. The lowest BCUT2D eigenvalue weighted by molar-refractivity contribution is 1.04. The molecule has 6 rings (SSSR count). The highest BCUT2D eigenvalue weighted by molar-refractivity contribution is 6.26. The Kier molecular flexibility index (Phi) is 2.72. The molecule has 4 nitrogen and oxygen atoms in total. The fourth-order valence-electron chi connectivity index (χ4n) is 4.15. The predicted molar refractivity (Wildman–Crippen MR) is 111 cm³/mol. The van der Waals surface area contributed by atoms with Crippen molar-refractivity contribution in [2.45, 2.75) is 0 Å². The van der Waals surface area contributed by atoms with Gasteiger partial charge >= 0.3 is 0 Å². The topological polar surface area (TPSA) is 53.6 Å². The van der Waals surface area contributed by atoms with Crippen LogP contribution in [-0.4, -0.2) is 14.5 Å². The molecule has 0 spiro atoms. The molecule has 0 aliphatic rings. The second kappa shape index (κ2) is 5.11. The molecule has 3 aromatic heterocycles. The van der Waals surface area contributed by atoms with Gasteiger partial charge in [-0.2, -0.15) is 0 Å². The lowest BCUT2D eigenvalue weighted by Crippen LogP contribution is -2.19. The van der Waals surface area contributed by atoms with Crippen LogP contribution >= 0.6 is 0 Å². The van der Waals surface area contributed by atoms with Crippen LogP contribution in [0, 0.1) is 0 Å². The van der Waals surface area contributed by atoms with Crippen LogP contribution in [0.25, 0.3) is 49.4 Å². The number of benzene rings is 3.